The highest BCUT2D eigenvalue weighted by Gasteiger charge is 2.28. The van der Waals surface area contributed by atoms with Gasteiger partial charge < -0.3 is 9.73 Å². The van der Waals surface area contributed by atoms with Gasteiger partial charge in [0.2, 0.25) is 10.0 Å². The van der Waals surface area contributed by atoms with Crippen LogP contribution in [0.25, 0.3) is 0 Å². The normalized spacial score (nSPS) is 12.1. The van der Waals surface area contributed by atoms with Gasteiger partial charge in [-0.15, -0.1) is 0 Å². The van der Waals surface area contributed by atoms with Crippen molar-refractivity contribution in [3.63, 3.8) is 0 Å². The van der Waals surface area contributed by atoms with Gasteiger partial charge in [0, 0.05) is 19.2 Å². The van der Waals surface area contributed by atoms with Gasteiger partial charge >= 0.3 is 0 Å². The maximum atomic E-state index is 12.5. The Bertz CT molecular complexity index is 551. The van der Waals surface area contributed by atoms with E-state index in [-0.39, 0.29) is 9.56 Å². The predicted molar refractivity (Wildman–Crippen MR) is 78.4 cm³/mol. The molecule has 108 valence electrons. The minimum atomic E-state index is -3.57. The molecule has 0 radical (unpaired) electrons. The Hall–Kier alpha value is -0.630. The summed E-state index contributed by atoms with van der Waals surface area (Å²) in [5.74, 6) is 0.569. The summed E-state index contributed by atoms with van der Waals surface area (Å²) in [7, 11) is -1.80. The van der Waals surface area contributed by atoms with Crippen LogP contribution in [0.1, 0.15) is 19.6 Å². The maximum Gasteiger partial charge on any atom is 0.247 e. The van der Waals surface area contributed by atoms with Crippen molar-refractivity contribution in [3.05, 3.63) is 28.6 Å². The molecule has 0 spiro atoms. The van der Waals surface area contributed by atoms with Crippen LogP contribution in [0.4, 0.5) is 0 Å². The lowest BCUT2D eigenvalue weighted by Crippen LogP contribution is -2.32. The number of halogens is 1. The zero-order chi connectivity index (χ0) is 14.6. The van der Waals surface area contributed by atoms with Crippen molar-refractivity contribution in [2.24, 2.45) is 0 Å². The number of rotatable bonds is 7. The van der Waals surface area contributed by atoms with Crippen LogP contribution < -0.4 is 5.32 Å². The summed E-state index contributed by atoms with van der Waals surface area (Å²) >= 11 is 3.16. The highest BCUT2D eigenvalue weighted by atomic mass is 79.9. The average molecular weight is 351 g/mol. The molecule has 0 amide bonds. The van der Waals surface area contributed by atoms with Crippen LogP contribution in [0.5, 0.6) is 0 Å². The van der Waals surface area contributed by atoms with Gasteiger partial charge in [-0.3, -0.25) is 0 Å². The maximum absolute atomic E-state index is 12.5. The number of likely N-dealkylation sites (N-methyl/N-ethyl adjacent to an activating group) is 1. The first-order valence-corrected chi connectivity index (χ1v) is 8.13. The van der Waals surface area contributed by atoms with E-state index in [9.17, 15) is 8.42 Å². The van der Waals surface area contributed by atoms with E-state index in [0.717, 1.165) is 5.57 Å². The standard InChI is InChI=1S/C12H19BrN2O3S/c1-5-15(8-9(2)3)19(16,17)11-6-10(7-14-4)18-12(11)13/h6,14H,2,5,7-8H2,1,3-4H3. The second-order valence-electron chi connectivity index (χ2n) is 4.27. The molecule has 19 heavy (non-hydrogen) atoms. The van der Waals surface area contributed by atoms with Gasteiger partial charge in [0.15, 0.2) is 4.67 Å². The van der Waals surface area contributed by atoms with Crippen LogP contribution >= 0.6 is 15.9 Å². The molecule has 7 heteroatoms. The largest absolute Gasteiger partial charge is 0.452 e. The molecule has 1 N–H and O–H groups in total. The van der Waals surface area contributed by atoms with E-state index < -0.39 is 10.0 Å². The van der Waals surface area contributed by atoms with Crippen molar-refractivity contribution in [3.8, 4) is 0 Å². The summed E-state index contributed by atoms with van der Waals surface area (Å²) in [5, 5.41) is 2.91. The molecule has 0 unspecified atom stereocenters. The number of nitrogens with zero attached hydrogens (tertiary/aromatic N) is 1. The van der Waals surface area contributed by atoms with E-state index in [2.05, 4.69) is 27.8 Å². The van der Waals surface area contributed by atoms with Crippen LogP contribution in [-0.4, -0.2) is 32.9 Å². The first-order chi connectivity index (χ1) is 8.82. The highest BCUT2D eigenvalue weighted by molar-refractivity contribution is 9.10. The van der Waals surface area contributed by atoms with Crippen LogP contribution in [0.3, 0.4) is 0 Å². The van der Waals surface area contributed by atoms with Crippen LogP contribution in [0, 0.1) is 0 Å². The zero-order valence-electron chi connectivity index (χ0n) is 11.4. The van der Waals surface area contributed by atoms with Crippen molar-refractivity contribution < 1.29 is 12.8 Å². The Morgan fingerprint density at radius 1 is 1.58 bits per heavy atom. The van der Waals surface area contributed by atoms with Crippen LogP contribution in [0.2, 0.25) is 0 Å². The molecule has 1 aromatic heterocycles. The second kappa shape index (κ2) is 6.69. The monoisotopic (exact) mass is 350 g/mol. The second-order valence-corrected chi connectivity index (χ2v) is 6.90. The SMILES string of the molecule is C=C(C)CN(CC)S(=O)(=O)c1cc(CNC)oc1Br. The van der Waals surface area contributed by atoms with Crippen molar-refractivity contribution in [2.45, 2.75) is 25.3 Å². The lowest BCUT2D eigenvalue weighted by Gasteiger charge is -2.19. The predicted octanol–water partition coefficient (Wildman–Crippen LogP) is 2.35. The summed E-state index contributed by atoms with van der Waals surface area (Å²) < 4.78 is 32.0. The van der Waals surface area contributed by atoms with Crippen molar-refractivity contribution in [1.82, 2.24) is 9.62 Å². The quantitative estimate of drug-likeness (QED) is 0.766. The van der Waals surface area contributed by atoms with Crippen LogP contribution in [0.15, 0.2) is 32.2 Å². The molecule has 0 saturated carbocycles. The fraction of sp³-hybridized carbons (Fsp3) is 0.500. The van der Waals surface area contributed by atoms with E-state index in [1.165, 1.54) is 10.4 Å². The molecule has 1 rings (SSSR count). The first kappa shape index (κ1) is 16.4. The fourth-order valence-corrected chi connectivity index (χ4v) is 4.11. The first-order valence-electron chi connectivity index (χ1n) is 5.90. The minimum Gasteiger partial charge on any atom is -0.452 e. The Morgan fingerprint density at radius 3 is 2.68 bits per heavy atom. The van der Waals surface area contributed by atoms with Gasteiger partial charge in [-0.2, -0.15) is 4.31 Å². The van der Waals surface area contributed by atoms with Gasteiger partial charge in [-0.25, -0.2) is 8.42 Å². The highest BCUT2D eigenvalue weighted by Crippen LogP contribution is 2.29. The molecule has 0 bridgehead atoms. The number of hydrogen-bond donors (Lipinski definition) is 1. The minimum absolute atomic E-state index is 0.154. The summed E-state index contributed by atoms with van der Waals surface area (Å²) in [5.41, 5.74) is 0.792. The van der Waals surface area contributed by atoms with Gasteiger partial charge in [0.25, 0.3) is 0 Å². The summed E-state index contributed by atoms with van der Waals surface area (Å²) in [6.07, 6.45) is 0. The Balaban J connectivity index is 3.14. The van der Waals surface area contributed by atoms with E-state index in [0.29, 0.717) is 25.4 Å². The lowest BCUT2D eigenvalue weighted by atomic mass is 10.3. The third-order valence-corrected chi connectivity index (χ3v) is 5.25. The molecule has 0 aliphatic carbocycles. The number of nitrogens with one attached hydrogen (secondary N) is 1. The topological polar surface area (TPSA) is 62.6 Å². The molecule has 5 nitrogen and oxygen atoms in total. The molecule has 0 saturated heterocycles. The Kier molecular flexibility index (Phi) is 5.79. The molecular formula is C12H19BrN2O3S. The van der Waals surface area contributed by atoms with E-state index >= 15 is 0 Å². The van der Waals surface area contributed by atoms with Gasteiger partial charge in [-0.05, 0) is 29.9 Å². The number of furan rings is 1. The smallest absolute Gasteiger partial charge is 0.247 e. The molecule has 1 aromatic rings. The Labute approximate surface area is 122 Å². The molecule has 0 atom stereocenters. The third kappa shape index (κ3) is 3.92. The number of hydrogen-bond acceptors (Lipinski definition) is 4. The van der Waals surface area contributed by atoms with Gasteiger partial charge in [0.1, 0.15) is 10.7 Å². The average Bonchev–Trinajstić information content (AvgIpc) is 2.68. The molecule has 0 aromatic carbocycles. The van der Waals surface area contributed by atoms with Gasteiger partial charge in [-0.1, -0.05) is 19.1 Å². The van der Waals surface area contributed by atoms with Crippen LogP contribution in [-0.2, 0) is 16.6 Å². The van der Waals surface area contributed by atoms with E-state index in [1.54, 1.807) is 20.9 Å². The molecular weight excluding hydrogens is 332 g/mol. The summed E-state index contributed by atoms with van der Waals surface area (Å²) in [6, 6.07) is 1.54. The molecule has 0 aliphatic rings. The lowest BCUT2D eigenvalue weighted by molar-refractivity contribution is 0.445. The van der Waals surface area contributed by atoms with Crippen molar-refractivity contribution >= 4 is 26.0 Å². The third-order valence-electron chi connectivity index (χ3n) is 2.47. The van der Waals surface area contributed by atoms with E-state index in [4.69, 9.17) is 4.42 Å². The van der Waals surface area contributed by atoms with Crippen molar-refractivity contribution in [2.75, 3.05) is 20.1 Å². The zero-order valence-corrected chi connectivity index (χ0v) is 13.8. The summed E-state index contributed by atoms with van der Waals surface area (Å²) in [4.78, 5) is 0.154. The molecule has 0 fully saturated rings. The van der Waals surface area contributed by atoms with Crippen molar-refractivity contribution in [1.29, 1.82) is 0 Å². The Morgan fingerprint density at radius 2 is 2.21 bits per heavy atom. The fourth-order valence-electron chi connectivity index (χ4n) is 1.64. The van der Waals surface area contributed by atoms with E-state index in [1.807, 2.05) is 0 Å². The molecule has 1 heterocycles. The molecule has 0 aliphatic heterocycles. The number of sulfonamides is 1. The summed E-state index contributed by atoms with van der Waals surface area (Å²) in [6.45, 7) is 8.51. The van der Waals surface area contributed by atoms with Gasteiger partial charge in [0.05, 0.1) is 6.54 Å².